The summed E-state index contributed by atoms with van der Waals surface area (Å²) in [6.07, 6.45) is 4.51. The second-order valence-electron chi connectivity index (χ2n) is 14.8. The molecule has 0 unspecified atom stereocenters. The molecule has 0 aromatic carbocycles. The molecule has 0 spiro atoms. The number of amides is 11. The molecule has 1 aromatic rings. The third kappa shape index (κ3) is 20.6. The molecule has 63 heavy (non-hydrogen) atoms. The number of H-pyrrole nitrogens is 1. The molecule has 11 amide bonds. The molecule has 0 aliphatic rings. The Bertz CT molecular complexity index is 1780. The lowest BCUT2D eigenvalue weighted by atomic mass is 10.1. The fraction of sp³-hybridized carbons (Fsp3) is 0.622. The highest BCUT2D eigenvalue weighted by atomic mass is 16.2. The Morgan fingerprint density at radius 1 is 0.540 bits per heavy atom. The molecule has 1 aromatic heterocycles. The number of nitrogens with two attached hydrogens (primary N) is 3. The fourth-order valence-corrected chi connectivity index (χ4v) is 5.10. The topological polar surface area (TPSA) is 415 Å². The van der Waals surface area contributed by atoms with Gasteiger partial charge in [0.25, 0.3) is 0 Å². The molecule has 1 heterocycles. The minimum atomic E-state index is -1.19. The monoisotopic (exact) mass is 893 g/mol. The molecular formula is C37H63N15O11. The SMILES string of the molecule is C[C@H](NC(=O)CNC(=O)[C@H](C)NC(=O)[C@H](C)NC(=O)[C@H](C)NC(=O)[C@H](C)NC(=O)CNC(=O)[C@H](C)NC(=O)[C@H](C)NC(=O)[C@H](Cc1cnc[nH]1)NC(=O)[C@@H](N)CCCCN)C(N)=O. The molecule has 26 nitrogen and oxygen atoms in total. The molecule has 9 atom stereocenters. The number of hydrogen-bond acceptors (Lipinski definition) is 14. The van der Waals surface area contributed by atoms with Crippen molar-refractivity contribution >= 4 is 65.0 Å². The Morgan fingerprint density at radius 3 is 1.33 bits per heavy atom. The van der Waals surface area contributed by atoms with Gasteiger partial charge in [0, 0.05) is 18.3 Å². The highest BCUT2D eigenvalue weighted by molar-refractivity contribution is 5.97. The molecule has 0 aliphatic heterocycles. The zero-order valence-corrected chi connectivity index (χ0v) is 36.5. The van der Waals surface area contributed by atoms with Crippen LogP contribution in [0.3, 0.4) is 0 Å². The van der Waals surface area contributed by atoms with E-state index in [2.05, 4.69) is 63.1 Å². The van der Waals surface area contributed by atoms with Crippen LogP contribution >= 0.6 is 0 Å². The first-order chi connectivity index (χ1) is 29.5. The van der Waals surface area contributed by atoms with Gasteiger partial charge in [-0.2, -0.15) is 0 Å². The van der Waals surface area contributed by atoms with Crippen LogP contribution in [0.15, 0.2) is 12.5 Å². The largest absolute Gasteiger partial charge is 0.368 e. The van der Waals surface area contributed by atoms with Crippen LogP contribution in [0.1, 0.15) is 73.4 Å². The molecule has 0 radical (unpaired) electrons. The zero-order chi connectivity index (χ0) is 48.0. The van der Waals surface area contributed by atoms with Gasteiger partial charge >= 0.3 is 0 Å². The lowest BCUT2D eigenvalue weighted by Crippen LogP contribution is -2.57. The van der Waals surface area contributed by atoms with E-state index in [0.29, 0.717) is 31.5 Å². The van der Waals surface area contributed by atoms with E-state index in [1.54, 1.807) is 0 Å². The van der Waals surface area contributed by atoms with Crippen molar-refractivity contribution in [2.24, 2.45) is 17.2 Å². The Kier molecular flexibility index (Phi) is 23.5. The maximum Gasteiger partial charge on any atom is 0.243 e. The standard InChI is InChI=1S/C37H63N15O11/c1-17(29(40)55)45-27(53)14-42-30(56)18(2)47-33(59)21(5)50-34(60)22(6)49-32(58)20(4)46-28(54)15-43-31(57)19(3)48-35(61)23(7)51-37(63)26(12-24-13-41-16-44-24)52-36(62)25(39)10-8-9-11-38/h13,16-23,25-26H,8-12,14-15,38-39H2,1-7H3,(H2,40,55)(H,41,44)(H,42,56)(H,43,57)(H,45,53)(H,46,54)(H,47,59)(H,48,61)(H,49,58)(H,50,60)(H,51,63)(H,52,62)/t17-,18-,19-,20-,21-,22-,23-,25-,26-/m0/s1. The lowest BCUT2D eigenvalue weighted by molar-refractivity contribution is -0.134. The molecular weight excluding hydrogens is 831 g/mol. The van der Waals surface area contributed by atoms with Gasteiger partial charge in [-0.15, -0.1) is 0 Å². The molecule has 0 bridgehead atoms. The molecule has 17 N–H and O–H groups in total. The molecule has 352 valence electrons. The summed E-state index contributed by atoms with van der Waals surface area (Å²) in [4.78, 5) is 144. The first kappa shape index (κ1) is 54.3. The normalized spacial score (nSPS) is 15.1. The summed E-state index contributed by atoms with van der Waals surface area (Å²) in [5.74, 6) is -8.14. The van der Waals surface area contributed by atoms with Gasteiger partial charge in [0.15, 0.2) is 0 Å². The average molecular weight is 894 g/mol. The van der Waals surface area contributed by atoms with Gasteiger partial charge in [-0.05, 0) is 67.9 Å². The number of nitrogens with zero attached hydrogens (tertiary/aromatic N) is 1. The summed E-state index contributed by atoms with van der Waals surface area (Å²) < 4.78 is 0. The van der Waals surface area contributed by atoms with E-state index in [4.69, 9.17) is 17.2 Å². The van der Waals surface area contributed by atoms with Crippen LogP contribution in [-0.2, 0) is 59.2 Å². The van der Waals surface area contributed by atoms with Gasteiger partial charge < -0.3 is 75.4 Å². The van der Waals surface area contributed by atoms with Crippen molar-refractivity contribution in [2.45, 2.75) is 129 Å². The Balaban J connectivity index is 2.56. The number of aromatic amines is 1. The van der Waals surface area contributed by atoms with Crippen LogP contribution in [0.25, 0.3) is 0 Å². The molecule has 26 heteroatoms. The van der Waals surface area contributed by atoms with Crippen molar-refractivity contribution in [1.82, 2.24) is 63.1 Å². The predicted octanol–water partition coefficient (Wildman–Crippen LogP) is -6.86. The number of rotatable bonds is 27. The molecule has 1 rings (SSSR count). The van der Waals surface area contributed by atoms with Gasteiger partial charge in [-0.3, -0.25) is 52.7 Å². The summed E-state index contributed by atoms with van der Waals surface area (Å²) in [5.41, 5.74) is 17.1. The maximum atomic E-state index is 13.2. The number of nitrogens with one attached hydrogen (secondary N) is 11. The summed E-state index contributed by atoms with van der Waals surface area (Å²) >= 11 is 0. The Hall–Kier alpha value is -6.70. The number of primary amides is 1. The zero-order valence-electron chi connectivity index (χ0n) is 36.5. The fourth-order valence-electron chi connectivity index (χ4n) is 5.10. The van der Waals surface area contributed by atoms with Gasteiger partial charge in [-0.25, -0.2) is 4.98 Å². The van der Waals surface area contributed by atoms with Crippen LogP contribution < -0.4 is 70.4 Å². The van der Waals surface area contributed by atoms with Gasteiger partial charge in [-0.1, -0.05) is 6.42 Å². The predicted molar refractivity (Wildman–Crippen MR) is 224 cm³/mol. The van der Waals surface area contributed by atoms with E-state index in [1.807, 2.05) is 0 Å². The number of carbonyl (C=O) groups is 11. The van der Waals surface area contributed by atoms with Crippen molar-refractivity contribution < 1.29 is 52.7 Å². The van der Waals surface area contributed by atoms with E-state index >= 15 is 0 Å². The van der Waals surface area contributed by atoms with Gasteiger partial charge in [0.1, 0.15) is 48.3 Å². The third-order valence-corrected chi connectivity index (χ3v) is 9.10. The van der Waals surface area contributed by atoms with Crippen molar-refractivity contribution in [3.63, 3.8) is 0 Å². The van der Waals surface area contributed by atoms with Crippen molar-refractivity contribution in [1.29, 1.82) is 0 Å². The quantitative estimate of drug-likeness (QED) is 0.0365. The van der Waals surface area contributed by atoms with Crippen LogP contribution in [0, 0.1) is 0 Å². The summed E-state index contributed by atoms with van der Waals surface area (Å²) in [6.45, 7) is 8.67. The number of hydrogen-bond donors (Lipinski definition) is 14. The van der Waals surface area contributed by atoms with E-state index in [-0.39, 0.29) is 6.42 Å². The summed E-state index contributed by atoms with van der Waals surface area (Å²) in [7, 11) is 0. The van der Waals surface area contributed by atoms with Crippen LogP contribution in [-0.4, -0.2) is 149 Å². The lowest BCUT2D eigenvalue weighted by Gasteiger charge is -2.23. The second-order valence-corrected chi connectivity index (χ2v) is 14.8. The molecule has 0 aliphatic carbocycles. The first-order valence-electron chi connectivity index (χ1n) is 20.2. The average Bonchev–Trinajstić information content (AvgIpc) is 3.74. The Labute approximate surface area is 364 Å². The van der Waals surface area contributed by atoms with Gasteiger partial charge in [0.05, 0.1) is 25.5 Å². The number of carbonyl (C=O) groups excluding carboxylic acids is 11. The third-order valence-electron chi connectivity index (χ3n) is 9.10. The minimum Gasteiger partial charge on any atom is -0.368 e. The van der Waals surface area contributed by atoms with E-state index in [0.717, 1.165) is 0 Å². The smallest absolute Gasteiger partial charge is 0.243 e. The summed E-state index contributed by atoms with van der Waals surface area (Å²) in [5, 5.41) is 23.9. The van der Waals surface area contributed by atoms with Crippen molar-refractivity contribution in [2.75, 3.05) is 19.6 Å². The first-order valence-corrected chi connectivity index (χ1v) is 20.2. The molecule has 0 fully saturated rings. The van der Waals surface area contributed by atoms with Crippen LogP contribution in [0.5, 0.6) is 0 Å². The second kappa shape index (κ2) is 27.3. The minimum absolute atomic E-state index is 0.00937. The van der Waals surface area contributed by atoms with Gasteiger partial charge in [0.2, 0.25) is 65.0 Å². The van der Waals surface area contributed by atoms with E-state index in [9.17, 15) is 52.7 Å². The van der Waals surface area contributed by atoms with Crippen LogP contribution in [0.2, 0.25) is 0 Å². The Morgan fingerprint density at radius 2 is 0.937 bits per heavy atom. The molecule has 0 saturated carbocycles. The number of unbranched alkanes of at least 4 members (excludes halogenated alkanes) is 1. The van der Waals surface area contributed by atoms with Crippen LogP contribution in [0.4, 0.5) is 0 Å². The highest BCUT2D eigenvalue weighted by Crippen LogP contribution is 2.04. The molecule has 0 saturated heterocycles. The number of aromatic nitrogens is 2. The van der Waals surface area contributed by atoms with E-state index in [1.165, 1.54) is 61.0 Å². The van der Waals surface area contributed by atoms with Crippen molar-refractivity contribution in [3.05, 3.63) is 18.2 Å². The van der Waals surface area contributed by atoms with E-state index < -0.39 is 132 Å². The summed E-state index contributed by atoms with van der Waals surface area (Å²) in [6, 6.07) is -10.0. The van der Waals surface area contributed by atoms with Crippen molar-refractivity contribution in [3.8, 4) is 0 Å². The highest BCUT2D eigenvalue weighted by Gasteiger charge is 2.29. The number of imidazole rings is 1. The maximum absolute atomic E-state index is 13.2.